The normalized spacial score (nSPS) is 47.3. The molecule has 2 atom stereocenters. The molecule has 2 rings (SSSR count). The molecule has 0 aromatic heterocycles. The van der Waals surface area contributed by atoms with E-state index in [1.165, 1.54) is 0 Å². The Morgan fingerprint density at radius 2 is 1.89 bits per heavy atom. The molecule has 1 saturated carbocycles. The molecule has 1 aliphatic carbocycles. The van der Waals surface area contributed by atoms with Crippen molar-refractivity contribution in [3.8, 4) is 0 Å². The highest BCUT2D eigenvalue weighted by Gasteiger charge is 2.59. The number of carboxylic acid groups (broad SMARTS) is 1. The van der Waals surface area contributed by atoms with Crippen molar-refractivity contribution in [3.63, 3.8) is 0 Å². The molecule has 0 bridgehead atoms. The van der Waals surface area contributed by atoms with E-state index in [0.29, 0.717) is 0 Å². The first-order valence-corrected chi connectivity index (χ1v) is 6.90. The summed E-state index contributed by atoms with van der Waals surface area (Å²) in [6, 6.07) is 0. The molecular formula is C9H13O9P. The van der Waals surface area contributed by atoms with E-state index in [9.17, 15) is 24.4 Å². The van der Waals surface area contributed by atoms with Crippen LogP contribution in [0.5, 0.6) is 0 Å². The van der Waals surface area contributed by atoms with E-state index < -0.39 is 62.8 Å². The standard InChI is InChI=1S/C9H13O9P/c10-5-1-9(14,7(12)13)2-8(6(5)11)3-17-19(15,16)18-4-8/h5,10,14H,1-4H2,(H,12,13)(H,15,16)/t5-,9-/m1/s1. The van der Waals surface area contributed by atoms with Crippen molar-refractivity contribution < 1.29 is 43.4 Å². The highest BCUT2D eigenvalue weighted by molar-refractivity contribution is 7.47. The molecule has 9 nitrogen and oxygen atoms in total. The van der Waals surface area contributed by atoms with Crippen molar-refractivity contribution in [3.05, 3.63) is 0 Å². The molecule has 0 amide bonds. The van der Waals surface area contributed by atoms with E-state index in [2.05, 4.69) is 9.05 Å². The van der Waals surface area contributed by atoms with Gasteiger partial charge in [0.25, 0.3) is 0 Å². The van der Waals surface area contributed by atoms with E-state index >= 15 is 0 Å². The van der Waals surface area contributed by atoms with E-state index in [-0.39, 0.29) is 0 Å². The first-order chi connectivity index (χ1) is 8.60. The zero-order valence-electron chi connectivity index (χ0n) is 9.68. The van der Waals surface area contributed by atoms with Crippen LogP contribution in [0.2, 0.25) is 0 Å². The van der Waals surface area contributed by atoms with Crippen LogP contribution in [0, 0.1) is 5.41 Å². The topological polar surface area (TPSA) is 151 Å². The number of ketones is 1. The number of phosphoric ester groups is 1. The lowest BCUT2D eigenvalue weighted by Crippen LogP contribution is -2.60. The Hall–Kier alpha value is -0.830. The van der Waals surface area contributed by atoms with Gasteiger partial charge in [-0.05, 0) is 0 Å². The minimum Gasteiger partial charge on any atom is -0.479 e. The molecule has 0 unspecified atom stereocenters. The largest absolute Gasteiger partial charge is 0.479 e. The average Bonchev–Trinajstić information content (AvgIpc) is 2.30. The molecule has 10 heteroatoms. The average molecular weight is 296 g/mol. The smallest absolute Gasteiger partial charge is 0.472 e. The van der Waals surface area contributed by atoms with Crippen LogP contribution >= 0.6 is 7.82 Å². The maximum Gasteiger partial charge on any atom is 0.472 e. The van der Waals surface area contributed by atoms with Crippen molar-refractivity contribution in [2.24, 2.45) is 5.41 Å². The summed E-state index contributed by atoms with van der Waals surface area (Å²) in [7, 11) is -4.25. The number of Topliss-reactive ketones (excluding diaryl/α,β-unsaturated/α-hetero) is 1. The number of hydrogen-bond acceptors (Lipinski definition) is 7. The lowest BCUT2D eigenvalue weighted by molar-refractivity contribution is -0.185. The van der Waals surface area contributed by atoms with Crippen molar-refractivity contribution in [1.82, 2.24) is 0 Å². The summed E-state index contributed by atoms with van der Waals surface area (Å²) in [5, 5.41) is 28.5. The van der Waals surface area contributed by atoms with Gasteiger partial charge in [0.1, 0.15) is 6.10 Å². The SMILES string of the molecule is O=C1[C@H](O)C[C@](O)(C(=O)O)CC12COP(=O)(O)OC2. The predicted molar refractivity (Wildman–Crippen MR) is 57.0 cm³/mol. The zero-order valence-corrected chi connectivity index (χ0v) is 10.6. The second-order valence-electron chi connectivity index (χ2n) is 4.89. The van der Waals surface area contributed by atoms with E-state index in [1.807, 2.05) is 0 Å². The van der Waals surface area contributed by atoms with Crippen molar-refractivity contribution in [1.29, 1.82) is 0 Å². The van der Waals surface area contributed by atoms with Gasteiger partial charge in [-0.3, -0.25) is 13.8 Å². The van der Waals surface area contributed by atoms with Gasteiger partial charge in [-0.15, -0.1) is 0 Å². The van der Waals surface area contributed by atoms with Gasteiger partial charge in [0.2, 0.25) is 0 Å². The number of carbonyl (C=O) groups is 2. The Balaban J connectivity index is 2.31. The summed E-state index contributed by atoms with van der Waals surface area (Å²) in [4.78, 5) is 32.0. The lowest BCUT2D eigenvalue weighted by Gasteiger charge is -2.45. The van der Waals surface area contributed by atoms with Crippen molar-refractivity contribution in [2.45, 2.75) is 24.5 Å². The number of carbonyl (C=O) groups excluding carboxylic acids is 1. The number of carboxylic acids is 1. The molecule has 1 spiro atoms. The van der Waals surface area contributed by atoms with Crippen LogP contribution in [0.15, 0.2) is 0 Å². The Morgan fingerprint density at radius 1 is 1.37 bits per heavy atom. The summed E-state index contributed by atoms with van der Waals surface area (Å²) >= 11 is 0. The summed E-state index contributed by atoms with van der Waals surface area (Å²) in [5.41, 5.74) is -3.95. The summed E-state index contributed by atoms with van der Waals surface area (Å²) in [6.45, 7) is -1.18. The Morgan fingerprint density at radius 3 is 2.37 bits per heavy atom. The maximum atomic E-state index is 11.9. The van der Waals surface area contributed by atoms with Gasteiger partial charge < -0.3 is 20.2 Å². The summed E-state index contributed by atoms with van der Waals surface area (Å²) in [5.74, 6) is -2.35. The van der Waals surface area contributed by atoms with E-state index in [0.717, 1.165) is 0 Å². The van der Waals surface area contributed by atoms with Crippen LogP contribution in [0.4, 0.5) is 0 Å². The Bertz CT molecular complexity index is 462. The highest BCUT2D eigenvalue weighted by atomic mass is 31.2. The van der Waals surface area contributed by atoms with Gasteiger partial charge in [-0.2, -0.15) is 0 Å². The molecule has 0 radical (unpaired) electrons. The van der Waals surface area contributed by atoms with Crippen molar-refractivity contribution >= 4 is 19.6 Å². The number of phosphoric acid groups is 1. The molecule has 1 heterocycles. The third kappa shape index (κ3) is 2.45. The van der Waals surface area contributed by atoms with E-state index in [4.69, 9.17) is 10.00 Å². The predicted octanol–water partition coefficient (Wildman–Crippen LogP) is -1.34. The fourth-order valence-corrected chi connectivity index (χ4v) is 3.28. The molecule has 19 heavy (non-hydrogen) atoms. The molecule has 4 N–H and O–H groups in total. The molecule has 0 aromatic carbocycles. The molecule has 0 aromatic rings. The first-order valence-electron chi connectivity index (χ1n) is 5.40. The van der Waals surface area contributed by atoms with Gasteiger partial charge in [-0.25, -0.2) is 9.36 Å². The van der Waals surface area contributed by atoms with Gasteiger partial charge in [0.15, 0.2) is 11.4 Å². The number of aliphatic hydroxyl groups is 2. The van der Waals surface area contributed by atoms with Gasteiger partial charge >= 0.3 is 13.8 Å². The first kappa shape index (κ1) is 14.6. The van der Waals surface area contributed by atoms with E-state index in [1.54, 1.807) is 0 Å². The van der Waals surface area contributed by atoms with Gasteiger partial charge in [-0.1, -0.05) is 0 Å². The van der Waals surface area contributed by atoms with Crippen LogP contribution in [-0.2, 0) is 23.2 Å². The van der Waals surface area contributed by atoms with Crippen LogP contribution in [-0.4, -0.2) is 56.9 Å². The minimum absolute atomic E-state index is 0.550. The fraction of sp³-hybridized carbons (Fsp3) is 0.778. The van der Waals surface area contributed by atoms with Crippen molar-refractivity contribution in [2.75, 3.05) is 13.2 Å². The Labute approximate surface area is 107 Å². The second-order valence-corrected chi connectivity index (χ2v) is 6.35. The molecule has 108 valence electrons. The third-order valence-electron chi connectivity index (χ3n) is 3.39. The number of aliphatic hydroxyl groups excluding tert-OH is 1. The third-order valence-corrected chi connectivity index (χ3v) is 4.30. The van der Waals surface area contributed by atoms with Crippen LogP contribution < -0.4 is 0 Å². The molecule has 1 aliphatic heterocycles. The monoisotopic (exact) mass is 296 g/mol. The lowest BCUT2D eigenvalue weighted by atomic mass is 9.66. The van der Waals surface area contributed by atoms with Crippen LogP contribution in [0.1, 0.15) is 12.8 Å². The summed E-state index contributed by atoms with van der Waals surface area (Å²) < 4.78 is 20.1. The summed E-state index contributed by atoms with van der Waals surface area (Å²) in [6.07, 6.45) is -2.89. The van der Waals surface area contributed by atoms with Gasteiger partial charge in [0, 0.05) is 12.8 Å². The maximum absolute atomic E-state index is 11.9. The molecule has 2 aliphatic rings. The molecule has 1 saturated heterocycles. The second kappa shape index (κ2) is 4.34. The number of hydrogen-bond donors (Lipinski definition) is 4. The number of aliphatic carboxylic acids is 1. The van der Waals surface area contributed by atoms with Crippen LogP contribution in [0.25, 0.3) is 0 Å². The minimum atomic E-state index is -4.25. The molecule has 2 fully saturated rings. The quantitative estimate of drug-likeness (QED) is 0.431. The molecular weight excluding hydrogens is 283 g/mol. The number of rotatable bonds is 1. The zero-order chi connectivity index (χ0) is 14.5. The van der Waals surface area contributed by atoms with Crippen LogP contribution in [0.3, 0.4) is 0 Å². The fourth-order valence-electron chi connectivity index (χ4n) is 2.38. The Kier molecular flexibility index (Phi) is 3.33. The highest BCUT2D eigenvalue weighted by Crippen LogP contribution is 2.53. The van der Waals surface area contributed by atoms with Gasteiger partial charge in [0.05, 0.1) is 18.6 Å².